The van der Waals surface area contributed by atoms with Gasteiger partial charge in [0.05, 0.1) is 20.3 Å². The van der Waals surface area contributed by atoms with Crippen LogP contribution in [0.3, 0.4) is 0 Å². The second kappa shape index (κ2) is 10.7. The Kier molecular flexibility index (Phi) is 8.00. The van der Waals surface area contributed by atoms with Crippen LogP contribution >= 0.6 is 11.6 Å². The van der Waals surface area contributed by atoms with Crippen LogP contribution in [-0.2, 0) is 11.3 Å². The Morgan fingerprint density at radius 3 is 2.37 bits per heavy atom. The summed E-state index contributed by atoms with van der Waals surface area (Å²) < 4.78 is 10.7. The normalized spacial score (nSPS) is 16.1. The third-order valence-electron chi connectivity index (χ3n) is 5.81. The van der Waals surface area contributed by atoms with E-state index in [-0.39, 0.29) is 17.9 Å². The molecule has 1 aliphatic rings. The predicted octanol–water partition coefficient (Wildman–Crippen LogP) is 4.84. The number of nitrogens with one attached hydrogen (secondary N) is 1. The zero-order chi connectivity index (χ0) is 21.5. The molecule has 0 bridgehead atoms. The highest BCUT2D eigenvalue weighted by Crippen LogP contribution is 2.31. The van der Waals surface area contributed by atoms with Gasteiger partial charge in [-0.15, -0.1) is 0 Å². The number of hydrogen-bond acceptors (Lipinski definition) is 4. The number of hydrogen-bond donors (Lipinski definition) is 1. The Balaban J connectivity index is 1.54. The summed E-state index contributed by atoms with van der Waals surface area (Å²) in [7, 11) is 3.24. The molecule has 3 rings (SSSR count). The van der Waals surface area contributed by atoms with Crippen molar-refractivity contribution in [1.82, 2.24) is 10.2 Å². The van der Waals surface area contributed by atoms with Crippen LogP contribution in [0, 0.1) is 5.92 Å². The van der Waals surface area contributed by atoms with Gasteiger partial charge in [0, 0.05) is 17.5 Å². The first-order valence-corrected chi connectivity index (χ1v) is 10.9. The van der Waals surface area contributed by atoms with Gasteiger partial charge in [-0.2, -0.15) is 0 Å². The third-order valence-corrected chi connectivity index (χ3v) is 6.06. The number of likely N-dealkylation sites (tertiary alicyclic amines) is 1. The highest BCUT2D eigenvalue weighted by atomic mass is 35.5. The number of benzene rings is 2. The first kappa shape index (κ1) is 22.4. The van der Waals surface area contributed by atoms with Crippen LogP contribution in [0.2, 0.25) is 5.02 Å². The average molecular weight is 431 g/mol. The lowest BCUT2D eigenvalue weighted by Crippen LogP contribution is -2.41. The second-order valence-corrected chi connectivity index (χ2v) is 8.20. The van der Waals surface area contributed by atoms with Crippen LogP contribution in [0.25, 0.3) is 0 Å². The number of carbonyl (C=O) groups excluding carboxylic acids is 1. The predicted molar refractivity (Wildman–Crippen MR) is 120 cm³/mol. The monoisotopic (exact) mass is 430 g/mol. The van der Waals surface area contributed by atoms with Crippen molar-refractivity contribution >= 4 is 17.5 Å². The summed E-state index contributed by atoms with van der Waals surface area (Å²) in [5.74, 6) is 1.57. The van der Waals surface area contributed by atoms with Gasteiger partial charge in [0.2, 0.25) is 5.91 Å². The van der Waals surface area contributed by atoms with Crippen molar-refractivity contribution in [1.29, 1.82) is 0 Å². The van der Waals surface area contributed by atoms with E-state index in [0.29, 0.717) is 11.5 Å². The molecule has 30 heavy (non-hydrogen) atoms. The van der Waals surface area contributed by atoms with Crippen molar-refractivity contribution in [2.75, 3.05) is 27.3 Å². The summed E-state index contributed by atoms with van der Waals surface area (Å²) in [6.45, 7) is 4.83. The van der Waals surface area contributed by atoms with Crippen molar-refractivity contribution in [2.45, 2.75) is 38.8 Å². The van der Waals surface area contributed by atoms with Crippen molar-refractivity contribution < 1.29 is 14.3 Å². The average Bonchev–Trinajstić information content (AvgIpc) is 2.78. The fourth-order valence-electron chi connectivity index (χ4n) is 3.98. The molecular weight excluding hydrogens is 400 g/mol. The van der Waals surface area contributed by atoms with Crippen molar-refractivity contribution in [3.8, 4) is 11.5 Å². The van der Waals surface area contributed by atoms with Crippen molar-refractivity contribution in [3.05, 3.63) is 58.6 Å². The number of piperidine rings is 1. The van der Waals surface area contributed by atoms with Gasteiger partial charge >= 0.3 is 0 Å². The molecule has 0 radical (unpaired) electrons. The van der Waals surface area contributed by atoms with Crippen LogP contribution < -0.4 is 14.8 Å². The van der Waals surface area contributed by atoms with Gasteiger partial charge in [0.15, 0.2) is 11.5 Å². The summed E-state index contributed by atoms with van der Waals surface area (Å²) in [6.07, 6.45) is 2.57. The minimum Gasteiger partial charge on any atom is -0.493 e. The molecule has 1 amide bonds. The maximum absolute atomic E-state index is 12.9. The van der Waals surface area contributed by atoms with E-state index in [4.69, 9.17) is 21.1 Å². The van der Waals surface area contributed by atoms with Gasteiger partial charge in [0.1, 0.15) is 0 Å². The molecule has 1 atom stereocenters. The topological polar surface area (TPSA) is 50.8 Å². The van der Waals surface area contributed by atoms with E-state index in [1.165, 1.54) is 5.56 Å². The molecule has 0 spiro atoms. The third kappa shape index (κ3) is 5.67. The molecular formula is C24H31ClN2O3. The summed E-state index contributed by atoms with van der Waals surface area (Å²) in [5, 5.41) is 4.00. The van der Waals surface area contributed by atoms with Crippen LogP contribution in [-0.4, -0.2) is 38.1 Å². The van der Waals surface area contributed by atoms with Crippen molar-refractivity contribution in [2.24, 2.45) is 5.92 Å². The highest BCUT2D eigenvalue weighted by molar-refractivity contribution is 6.30. The Morgan fingerprint density at radius 2 is 1.77 bits per heavy atom. The number of rotatable bonds is 8. The summed E-state index contributed by atoms with van der Waals surface area (Å²) >= 11 is 5.97. The molecule has 162 valence electrons. The number of amides is 1. The molecule has 0 aliphatic carbocycles. The van der Waals surface area contributed by atoms with E-state index in [2.05, 4.69) is 29.3 Å². The van der Waals surface area contributed by atoms with Gasteiger partial charge in [0.25, 0.3) is 0 Å². The molecule has 1 N–H and O–H groups in total. The zero-order valence-corrected chi connectivity index (χ0v) is 18.7. The minimum atomic E-state index is -0.0376. The van der Waals surface area contributed by atoms with Gasteiger partial charge in [-0.1, -0.05) is 36.7 Å². The molecule has 1 saturated heterocycles. The molecule has 0 aromatic heterocycles. The summed E-state index contributed by atoms with van der Waals surface area (Å²) in [5.41, 5.74) is 2.28. The minimum absolute atomic E-state index is 0.0376. The Hall–Kier alpha value is -2.24. The summed E-state index contributed by atoms with van der Waals surface area (Å²) in [4.78, 5) is 15.3. The maximum atomic E-state index is 12.9. The molecule has 0 saturated carbocycles. The molecule has 2 aromatic carbocycles. The first-order chi connectivity index (χ1) is 14.5. The number of ether oxygens (including phenoxy) is 2. The lowest BCUT2D eigenvalue weighted by Gasteiger charge is -2.32. The Labute approximate surface area is 184 Å². The summed E-state index contributed by atoms with van der Waals surface area (Å²) in [6, 6.07) is 13.8. The van der Waals surface area contributed by atoms with Gasteiger partial charge in [-0.05, 0) is 67.7 Å². The standard InChI is InChI=1S/C24H31ClN2O3/c1-4-21(19-7-10-22(29-2)23(15-19)30-3)26-24(28)18-11-13-27(14-12-18)16-17-5-8-20(25)9-6-17/h5-10,15,18,21H,4,11-14,16H2,1-3H3,(H,26,28)/t21-/m1/s1. The van der Waals surface area contributed by atoms with Gasteiger partial charge in [-0.25, -0.2) is 0 Å². The maximum Gasteiger partial charge on any atom is 0.223 e. The van der Waals surface area contributed by atoms with Crippen LogP contribution in [0.5, 0.6) is 11.5 Å². The van der Waals surface area contributed by atoms with E-state index in [0.717, 1.165) is 49.5 Å². The van der Waals surface area contributed by atoms with E-state index >= 15 is 0 Å². The quantitative estimate of drug-likeness (QED) is 0.651. The second-order valence-electron chi connectivity index (χ2n) is 7.76. The fraction of sp³-hybridized carbons (Fsp3) is 0.458. The molecule has 0 unspecified atom stereocenters. The molecule has 6 heteroatoms. The van der Waals surface area contributed by atoms with Crippen LogP contribution in [0.1, 0.15) is 43.4 Å². The molecule has 1 fully saturated rings. The largest absolute Gasteiger partial charge is 0.493 e. The molecule has 5 nitrogen and oxygen atoms in total. The first-order valence-electron chi connectivity index (χ1n) is 10.5. The van der Waals surface area contributed by atoms with Crippen LogP contribution in [0.15, 0.2) is 42.5 Å². The van der Waals surface area contributed by atoms with E-state index in [1.54, 1.807) is 14.2 Å². The molecule has 2 aromatic rings. The van der Waals surface area contributed by atoms with E-state index < -0.39 is 0 Å². The van der Waals surface area contributed by atoms with Crippen LogP contribution in [0.4, 0.5) is 0 Å². The highest BCUT2D eigenvalue weighted by Gasteiger charge is 2.26. The number of carbonyl (C=O) groups is 1. The van der Waals surface area contributed by atoms with E-state index in [9.17, 15) is 4.79 Å². The number of halogens is 1. The lowest BCUT2D eigenvalue weighted by molar-refractivity contribution is -0.127. The number of methoxy groups -OCH3 is 2. The van der Waals surface area contributed by atoms with E-state index in [1.807, 2.05) is 30.3 Å². The zero-order valence-electron chi connectivity index (χ0n) is 18.0. The fourth-order valence-corrected chi connectivity index (χ4v) is 4.11. The Bertz CT molecular complexity index is 833. The number of nitrogens with zero attached hydrogens (tertiary/aromatic N) is 1. The van der Waals surface area contributed by atoms with Gasteiger partial charge < -0.3 is 14.8 Å². The Morgan fingerprint density at radius 1 is 1.10 bits per heavy atom. The van der Waals surface area contributed by atoms with Crippen molar-refractivity contribution in [3.63, 3.8) is 0 Å². The SMILES string of the molecule is CC[C@@H](NC(=O)C1CCN(Cc2ccc(Cl)cc2)CC1)c1ccc(OC)c(OC)c1. The molecule has 1 heterocycles. The van der Waals surface area contributed by atoms with Gasteiger partial charge in [-0.3, -0.25) is 9.69 Å². The smallest absolute Gasteiger partial charge is 0.223 e. The molecule has 1 aliphatic heterocycles. The lowest BCUT2D eigenvalue weighted by atomic mass is 9.94.